The molecule has 1 unspecified atom stereocenters. The van der Waals surface area contributed by atoms with Crippen LogP contribution in [0.2, 0.25) is 0 Å². The molecule has 0 aliphatic carbocycles. The van der Waals surface area contributed by atoms with Crippen LogP contribution < -0.4 is 10.1 Å². The van der Waals surface area contributed by atoms with Crippen molar-refractivity contribution in [2.75, 3.05) is 39.8 Å². The van der Waals surface area contributed by atoms with Gasteiger partial charge in [0.1, 0.15) is 23.2 Å². The average molecular weight is 276 g/mol. The summed E-state index contributed by atoms with van der Waals surface area (Å²) in [5.41, 5.74) is 0.749. The first-order valence-electron chi connectivity index (χ1n) is 6.95. The van der Waals surface area contributed by atoms with Gasteiger partial charge in [-0.05, 0) is 18.2 Å². The van der Waals surface area contributed by atoms with Crippen molar-refractivity contribution >= 4 is 11.0 Å². The molecule has 1 aromatic heterocycles. The number of ether oxygens (including phenoxy) is 1. The third-order valence-corrected chi connectivity index (χ3v) is 3.72. The summed E-state index contributed by atoms with van der Waals surface area (Å²) in [7, 11) is 1.63. The topological polar surface area (TPSA) is 57.9 Å². The molecule has 0 radical (unpaired) electrons. The van der Waals surface area contributed by atoms with Crippen LogP contribution in [0.1, 0.15) is 11.9 Å². The monoisotopic (exact) mass is 276 g/mol. The maximum Gasteiger partial charge on any atom is 0.138 e. The van der Waals surface area contributed by atoms with E-state index in [2.05, 4.69) is 10.2 Å². The molecule has 2 heterocycles. The molecule has 3 rings (SSSR count). The number of nitrogens with one attached hydrogen (secondary N) is 1. The molecule has 108 valence electrons. The van der Waals surface area contributed by atoms with E-state index in [4.69, 9.17) is 9.15 Å². The van der Waals surface area contributed by atoms with Crippen LogP contribution in [0.5, 0.6) is 5.75 Å². The zero-order chi connectivity index (χ0) is 13.9. The summed E-state index contributed by atoms with van der Waals surface area (Å²) in [6.07, 6.45) is -0.591. The van der Waals surface area contributed by atoms with Crippen molar-refractivity contribution < 1.29 is 14.3 Å². The number of piperazine rings is 1. The van der Waals surface area contributed by atoms with Crippen molar-refractivity contribution in [3.63, 3.8) is 0 Å². The van der Waals surface area contributed by atoms with Crippen molar-refractivity contribution in [1.29, 1.82) is 0 Å². The number of β-amino-alcohol motifs (C(OH)–C–C–N with tert-alkyl or cyclic N) is 1. The third kappa shape index (κ3) is 2.80. The van der Waals surface area contributed by atoms with Crippen LogP contribution in [-0.4, -0.2) is 49.8 Å². The minimum Gasteiger partial charge on any atom is -0.497 e. The zero-order valence-corrected chi connectivity index (χ0v) is 11.6. The predicted molar refractivity (Wildman–Crippen MR) is 77.0 cm³/mol. The zero-order valence-electron chi connectivity index (χ0n) is 11.6. The van der Waals surface area contributed by atoms with Crippen LogP contribution >= 0.6 is 0 Å². The van der Waals surface area contributed by atoms with E-state index in [0.29, 0.717) is 12.3 Å². The van der Waals surface area contributed by atoms with Gasteiger partial charge < -0.3 is 19.6 Å². The number of aliphatic hydroxyl groups excluding tert-OH is 1. The van der Waals surface area contributed by atoms with Gasteiger partial charge in [0, 0.05) is 44.2 Å². The van der Waals surface area contributed by atoms with Crippen molar-refractivity contribution in [3.05, 3.63) is 30.0 Å². The van der Waals surface area contributed by atoms with Crippen LogP contribution in [0.25, 0.3) is 11.0 Å². The number of hydrogen-bond donors (Lipinski definition) is 2. The molecule has 20 heavy (non-hydrogen) atoms. The van der Waals surface area contributed by atoms with Gasteiger partial charge in [-0.25, -0.2) is 0 Å². The van der Waals surface area contributed by atoms with E-state index in [0.717, 1.165) is 42.9 Å². The van der Waals surface area contributed by atoms with Crippen LogP contribution in [0.4, 0.5) is 0 Å². The van der Waals surface area contributed by atoms with Gasteiger partial charge >= 0.3 is 0 Å². The fourth-order valence-corrected chi connectivity index (χ4v) is 2.55. The molecule has 0 bridgehead atoms. The Morgan fingerprint density at radius 2 is 2.15 bits per heavy atom. The molecule has 2 N–H and O–H groups in total. The molecule has 5 heteroatoms. The average Bonchev–Trinajstić information content (AvgIpc) is 2.91. The number of rotatable bonds is 4. The molecular formula is C15H20N2O3. The number of benzene rings is 1. The number of furan rings is 1. The highest BCUT2D eigenvalue weighted by Gasteiger charge is 2.19. The number of hydrogen-bond acceptors (Lipinski definition) is 5. The molecule has 5 nitrogen and oxygen atoms in total. The van der Waals surface area contributed by atoms with Crippen LogP contribution in [0.3, 0.4) is 0 Å². The molecule has 1 fully saturated rings. The SMILES string of the molecule is COc1ccc2cc(C(O)CN3CCNCC3)oc2c1. The van der Waals surface area contributed by atoms with E-state index in [1.54, 1.807) is 7.11 Å². The predicted octanol–water partition coefficient (Wildman–Crippen LogP) is 1.38. The van der Waals surface area contributed by atoms with Gasteiger partial charge in [0.2, 0.25) is 0 Å². The highest BCUT2D eigenvalue weighted by molar-refractivity contribution is 5.79. The molecule has 2 aromatic rings. The highest BCUT2D eigenvalue weighted by atomic mass is 16.5. The quantitative estimate of drug-likeness (QED) is 0.883. The Bertz CT molecular complexity index is 576. The van der Waals surface area contributed by atoms with Crippen molar-refractivity contribution in [2.24, 2.45) is 0 Å². The lowest BCUT2D eigenvalue weighted by Gasteiger charge is -2.28. The van der Waals surface area contributed by atoms with E-state index in [9.17, 15) is 5.11 Å². The molecule has 1 atom stereocenters. The Kier molecular flexibility index (Phi) is 3.91. The minimum atomic E-state index is -0.591. The van der Waals surface area contributed by atoms with Gasteiger partial charge in [-0.1, -0.05) is 0 Å². The number of aliphatic hydroxyl groups is 1. The van der Waals surface area contributed by atoms with Gasteiger partial charge in [0.15, 0.2) is 0 Å². The Labute approximate surface area is 118 Å². The van der Waals surface area contributed by atoms with Gasteiger partial charge in [-0.2, -0.15) is 0 Å². The smallest absolute Gasteiger partial charge is 0.138 e. The lowest BCUT2D eigenvalue weighted by molar-refractivity contribution is 0.0897. The Hall–Kier alpha value is -1.56. The molecule has 1 aromatic carbocycles. The second-order valence-electron chi connectivity index (χ2n) is 5.12. The number of methoxy groups -OCH3 is 1. The van der Waals surface area contributed by atoms with Crippen molar-refractivity contribution in [2.45, 2.75) is 6.10 Å². The Balaban J connectivity index is 1.75. The fraction of sp³-hybridized carbons (Fsp3) is 0.467. The van der Waals surface area contributed by atoms with Gasteiger partial charge in [-0.15, -0.1) is 0 Å². The maximum absolute atomic E-state index is 10.3. The summed E-state index contributed by atoms with van der Waals surface area (Å²) in [4.78, 5) is 2.24. The molecular weight excluding hydrogens is 256 g/mol. The number of fused-ring (bicyclic) bond motifs is 1. The van der Waals surface area contributed by atoms with E-state index in [1.165, 1.54) is 0 Å². The van der Waals surface area contributed by atoms with E-state index < -0.39 is 6.10 Å². The van der Waals surface area contributed by atoms with Crippen molar-refractivity contribution in [3.8, 4) is 5.75 Å². The molecule has 0 saturated carbocycles. The summed E-state index contributed by atoms with van der Waals surface area (Å²) in [6, 6.07) is 7.58. The molecule has 0 amide bonds. The standard InChI is InChI=1S/C15H20N2O3/c1-19-12-3-2-11-8-15(20-14(11)9-12)13(18)10-17-6-4-16-5-7-17/h2-3,8-9,13,16,18H,4-7,10H2,1H3. The van der Waals surface area contributed by atoms with E-state index >= 15 is 0 Å². The van der Waals surface area contributed by atoms with E-state index in [1.807, 2.05) is 24.3 Å². The lowest BCUT2D eigenvalue weighted by atomic mass is 10.2. The summed E-state index contributed by atoms with van der Waals surface area (Å²) in [5, 5.41) is 14.6. The molecule has 1 aliphatic rings. The molecule has 1 aliphatic heterocycles. The summed E-state index contributed by atoms with van der Waals surface area (Å²) in [5.74, 6) is 1.38. The van der Waals surface area contributed by atoms with Gasteiger partial charge in [0.25, 0.3) is 0 Å². The minimum absolute atomic E-state index is 0.591. The fourth-order valence-electron chi connectivity index (χ4n) is 2.55. The van der Waals surface area contributed by atoms with Gasteiger partial charge in [0.05, 0.1) is 7.11 Å². The first kappa shape index (κ1) is 13.4. The molecule has 1 saturated heterocycles. The van der Waals surface area contributed by atoms with Crippen LogP contribution in [0.15, 0.2) is 28.7 Å². The van der Waals surface area contributed by atoms with Crippen molar-refractivity contribution in [1.82, 2.24) is 10.2 Å². The number of nitrogens with zero attached hydrogens (tertiary/aromatic N) is 1. The maximum atomic E-state index is 10.3. The second kappa shape index (κ2) is 5.83. The van der Waals surface area contributed by atoms with Crippen LogP contribution in [-0.2, 0) is 0 Å². The van der Waals surface area contributed by atoms with E-state index in [-0.39, 0.29) is 0 Å². The second-order valence-corrected chi connectivity index (χ2v) is 5.12. The molecule has 0 spiro atoms. The first-order valence-corrected chi connectivity index (χ1v) is 6.95. The normalized spacial score (nSPS) is 18.3. The third-order valence-electron chi connectivity index (χ3n) is 3.72. The Morgan fingerprint density at radius 3 is 2.90 bits per heavy atom. The largest absolute Gasteiger partial charge is 0.497 e. The lowest BCUT2D eigenvalue weighted by Crippen LogP contribution is -2.44. The van der Waals surface area contributed by atoms with Gasteiger partial charge in [-0.3, -0.25) is 4.90 Å². The first-order chi connectivity index (χ1) is 9.76. The van der Waals surface area contributed by atoms with Crippen LogP contribution in [0, 0.1) is 0 Å². The highest BCUT2D eigenvalue weighted by Crippen LogP contribution is 2.27. The summed E-state index contributed by atoms with van der Waals surface area (Å²) >= 11 is 0. The Morgan fingerprint density at radius 1 is 1.35 bits per heavy atom. The summed E-state index contributed by atoms with van der Waals surface area (Å²) < 4.78 is 10.9. The summed E-state index contributed by atoms with van der Waals surface area (Å²) in [6.45, 7) is 4.49.